The van der Waals surface area contributed by atoms with Gasteiger partial charge in [-0.2, -0.15) is 5.26 Å². The average molecular weight is 323 g/mol. The number of H-pyrrole nitrogens is 1. The van der Waals surface area contributed by atoms with Crippen molar-refractivity contribution in [1.82, 2.24) is 9.97 Å². The standard InChI is InChI=1S/C14H12ClFN4O2/c1-7-8(5-17)3-9(15)4-10(7)22-11-12(14(2,16)18)19-6-20-13(11)21/h3-4,6H,18H2,1-2H3,(H,19,20,21). The molecule has 0 aliphatic rings. The molecule has 0 bridgehead atoms. The molecule has 114 valence electrons. The summed E-state index contributed by atoms with van der Waals surface area (Å²) in [6, 6.07) is 4.83. The summed E-state index contributed by atoms with van der Waals surface area (Å²) in [5.74, 6) is -2.61. The molecule has 0 aliphatic heterocycles. The van der Waals surface area contributed by atoms with E-state index in [-0.39, 0.29) is 27.8 Å². The van der Waals surface area contributed by atoms with E-state index >= 15 is 0 Å². The highest BCUT2D eigenvalue weighted by Gasteiger charge is 2.29. The van der Waals surface area contributed by atoms with Crippen LogP contribution >= 0.6 is 11.6 Å². The van der Waals surface area contributed by atoms with Crippen molar-refractivity contribution in [3.8, 4) is 17.6 Å². The Kier molecular flexibility index (Phi) is 4.17. The van der Waals surface area contributed by atoms with Crippen LogP contribution in [0.4, 0.5) is 4.39 Å². The highest BCUT2D eigenvalue weighted by molar-refractivity contribution is 6.30. The molecule has 6 nitrogen and oxygen atoms in total. The maximum absolute atomic E-state index is 14.0. The first-order valence-corrected chi connectivity index (χ1v) is 6.56. The number of rotatable bonds is 3. The van der Waals surface area contributed by atoms with Crippen LogP contribution in [0.25, 0.3) is 0 Å². The van der Waals surface area contributed by atoms with E-state index < -0.39 is 11.4 Å². The molecular weight excluding hydrogens is 311 g/mol. The zero-order valence-electron chi connectivity index (χ0n) is 11.8. The fourth-order valence-electron chi connectivity index (χ4n) is 1.82. The summed E-state index contributed by atoms with van der Waals surface area (Å²) in [5, 5.41) is 9.29. The first-order chi connectivity index (χ1) is 10.2. The van der Waals surface area contributed by atoms with E-state index in [1.165, 1.54) is 12.1 Å². The van der Waals surface area contributed by atoms with E-state index in [9.17, 15) is 9.18 Å². The van der Waals surface area contributed by atoms with Crippen molar-refractivity contribution >= 4 is 11.6 Å². The van der Waals surface area contributed by atoms with Crippen molar-refractivity contribution in [1.29, 1.82) is 5.26 Å². The summed E-state index contributed by atoms with van der Waals surface area (Å²) in [7, 11) is 0. The maximum Gasteiger partial charge on any atom is 0.294 e. The minimum Gasteiger partial charge on any atom is -0.449 e. The fourth-order valence-corrected chi connectivity index (χ4v) is 2.02. The van der Waals surface area contributed by atoms with Crippen molar-refractivity contribution in [3.05, 3.63) is 50.7 Å². The summed E-state index contributed by atoms with van der Waals surface area (Å²) in [5.41, 5.74) is 5.05. The van der Waals surface area contributed by atoms with Gasteiger partial charge < -0.3 is 9.72 Å². The van der Waals surface area contributed by atoms with E-state index in [1.807, 2.05) is 6.07 Å². The number of aromatic nitrogens is 2. The Labute approximate surface area is 130 Å². The molecule has 1 heterocycles. The Morgan fingerprint density at radius 2 is 2.23 bits per heavy atom. The maximum atomic E-state index is 14.0. The second kappa shape index (κ2) is 5.75. The number of alkyl halides is 1. The van der Waals surface area contributed by atoms with Crippen molar-refractivity contribution in [2.75, 3.05) is 0 Å². The average Bonchev–Trinajstić information content (AvgIpc) is 2.43. The lowest BCUT2D eigenvalue weighted by atomic mass is 10.1. The number of hydrogen-bond acceptors (Lipinski definition) is 5. The van der Waals surface area contributed by atoms with Crippen LogP contribution in [0, 0.1) is 18.3 Å². The van der Waals surface area contributed by atoms with Gasteiger partial charge in [0.2, 0.25) is 11.5 Å². The van der Waals surface area contributed by atoms with Crippen molar-refractivity contribution in [2.24, 2.45) is 5.73 Å². The van der Waals surface area contributed by atoms with Crippen LogP contribution in [0.1, 0.15) is 23.7 Å². The van der Waals surface area contributed by atoms with Crippen molar-refractivity contribution in [3.63, 3.8) is 0 Å². The van der Waals surface area contributed by atoms with Crippen LogP contribution in [0.2, 0.25) is 5.02 Å². The summed E-state index contributed by atoms with van der Waals surface area (Å²) >= 11 is 5.91. The number of hydrogen-bond donors (Lipinski definition) is 2. The molecule has 1 atom stereocenters. The Hall–Kier alpha value is -2.43. The monoisotopic (exact) mass is 322 g/mol. The molecule has 8 heteroatoms. The largest absolute Gasteiger partial charge is 0.449 e. The third-order valence-electron chi connectivity index (χ3n) is 2.93. The van der Waals surface area contributed by atoms with Gasteiger partial charge in [-0.05, 0) is 26.0 Å². The SMILES string of the molecule is Cc1c(C#N)cc(Cl)cc1Oc1c(C(C)(N)F)nc[nH]c1=O. The molecule has 0 fully saturated rings. The number of nitriles is 1. The first kappa shape index (κ1) is 15.9. The molecule has 1 aromatic carbocycles. The minimum atomic E-state index is -2.37. The lowest BCUT2D eigenvalue weighted by molar-refractivity contribution is 0.189. The van der Waals surface area contributed by atoms with Gasteiger partial charge in [0.1, 0.15) is 11.4 Å². The summed E-state index contributed by atoms with van der Waals surface area (Å²) in [4.78, 5) is 17.9. The fraction of sp³-hybridized carbons (Fsp3) is 0.214. The van der Waals surface area contributed by atoms with Gasteiger partial charge in [0.15, 0.2) is 0 Å². The predicted octanol–water partition coefficient (Wildman–Crippen LogP) is 2.50. The van der Waals surface area contributed by atoms with E-state index in [4.69, 9.17) is 27.3 Å². The number of aromatic amines is 1. The number of nitrogens with two attached hydrogens (primary N) is 1. The second-order valence-corrected chi connectivity index (χ2v) is 5.21. The molecule has 0 radical (unpaired) electrons. The van der Waals surface area contributed by atoms with Crippen molar-refractivity contribution in [2.45, 2.75) is 19.6 Å². The normalized spacial score (nSPS) is 13.3. The van der Waals surface area contributed by atoms with Gasteiger partial charge in [0.05, 0.1) is 18.0 Å². The minimum absolute atomic E-state index is 0.146. The Morgan fingerprint density at radius 3 is 2.82 bits per heavy atom. The summed E-state index contributed by atoms with van der Waals surface area (Å²) in [6.45, 7) is 2.67. The Bertz CT molecular complexity index is 821. The third kappa shape index (κ3) is 3.08. The Morgan fingerprint density at radius 1 is 1.55 bits per heavy atom. The molecule has 0 saturated heterocycles. The van der Waals surface area contributed by atoms with Crippen LogP contribution in [-0.4, -0.2) is 9.97 Å². The van der Waals surface area contributed by atoms with Crippen LogP contribution in [0.3, 0.4) is 0 Å². The smallest absolute Gasteiger partial charge is 0.294 e. The summed E-state index contributed by atoms with van der Waals surface area (Å²) in [6.07, 6.45) is 1.03. The van der Waals surface area contributed by atoms with Crippen molar-refractivity contribution < 1.29 is 9.13 Å². The Balaban J connectivity index is 2.61. The van der Waals surface area contributed by atoms with Gasteiger partial charge in [-0.15, -0.1) is 0 Å². The molecule has 1 aromatic heterocycles. The lowest BCUT2D eigenvalue weighted by Crippen LogP contribution is -2.31. The quantitative estimate of drug-likeness (QED) is 0.845. The van der Waals surface area contributed by atoms with Gasteiger partial charge in [-0.3, -0.25) is 10.5 Å². The topological polar surface area (TPSA) is 105 Å². The molecule has 22 heavy (non-hydrogen) atoms. The van der Waals surface area contributed by atoms with Gasteiger partial charge >= 0.3 is 0 Å². The highest BCUT2D eigenvalue weighted by atomic mass is 35.5. The number of benzene rings is 1. The molecule has 1 unspecified atom stereocenters. The molecular formula is C14H12ClFN4O2. The van der Waals surface area contributed by atoms with Gasteiger partial charge in [-0.1, -0.05) is 11.6 Å². The van der Waals surface area contributed by atoms with Crippen LogP contribution in [-0.2, 0) is 5.79 Å². The molecule has 0 aliphatic carbocycles. The number of ether oxygens (including phenoxy) is 1. The van der Waals surface area contributed by atoms with Gasteiger partial charge in [0, 0.05) is 10.6 Å². The lowest BCUT2D eigenvalue weighted by Gasteiger charge is -2.17. The molecule has 0 amide bonds. The van der Waals surface area contributed by atoms with Crippen LogP contribution in [0.15, 0.2) is 23.3 Å². The molecule has 2 aromatic rings. The zero-order chi connectivity index (χ0) is 16.5. The third-order valence-corrected chi connectivity index (χ3v) is 3.15. The summed E-state index contributed by atoms with van der Waals surface area (Å²) < 4.78 is 19.5. The van der Waals surface area contributed by atoms with E-state index in [0.717, 1.165) is 13.3 Å². The van der Waals surface area contributed by atoms with Gasteiger partial charge in [-0.25, -0.2) is 9.37 Å². The van der Waals surface area contributed by atoms with Gasteiger partial charge in [0.25, 0.3) is 5.56 Å². The second-order valence-electron chi connectivity index (χ2n) is 4.78. The molecule has 3 N–H and O–H groups in total. The number of nitrogens with zero attached hydrogens (tertiary/aromatic N) is 2. The van der Waals surface area contributed by atoms with Crippen LogP contribution in [0.5, 0.6) is 11.5 Å². The number of nitrogens with one attached hydrogen (secondary N) is 1. The molecule has 0 spiro atoms. The van der Waals surface area contributed by atoms with E-state index in [2.05, 4.69) is 9.97 Å². The molecule has 2 rings (SSSR count). The van der Waals surface area contributed by atoms with E-state index in [0.29, 0.717) is 5.56 Å². The predicted molar refractivity (Wildman–Crippen MR) is 78.5 cm³/mol. The first-order valence-electron chi connectivity index (χ1n) is 6.18. The number of halogens is 2. The molecule has 0 saturated carbocycles. The van der Waals surface area contributed by atoms with E-state index in [1.54, 1.807) is 6.92 Å². The zero-order valence-corrected chi connectivity index (χ0v) is 12.5. The highest BCUT2D eigenvalue weighted by Crippen LogP contribution is 2.32. The van der Waals surface area contributed by atoms with Crippen LogP contribution < -0.4 is 16.0 Å².